The van der Waals surface area contributed by atoms with Gasteiger partial charge in [-0.3, -0.25) is 4.79 Å². The summed E-state index contributed by atoms with van der Waals surface area (Å²) >= 11 is 3.35. The molecular weight excluding hydrogens is 348 g/mol. The smallest absolute Gasteiger partial charge is 0.277 e. The van der Waals surface area contributed by atoms with Crippen LogP contribution in [0.25, 0.3) is 0 Å². The molecule has 0 radical (unpaired) electrons. The van der Waals surface area contributed by atoms with Gasteiger partial charge in [0.1, 0.15) is 11.5 Å². The van der Waals surface area contributed by atoms with Gasteiger partial charge >= 0.3 is 0 Å². The number of ether oxygens (including phenoxy) is 2. The van der Waals surface area contributed by atoms with Crippen molar-refractivity contribution in [2.24, 2.45) is 5.10 Å². The van der Waals surface area contributed by atoms with Gasteiger partial charge in [-0.15, -0.1) is 0 Å². The summed E-state index contributed by atoms with van der Waals surface area (Å²) in [4.78, 5) is 11.7. The molecule has 0 spiro atoms. The molecule has 0 aromatic heterocycles. The zero-order chi connectivity index (χ0) is 15.8. The third-order valence-electron chi connectivity index (χ3n) is 2.69. The Bertz CT molecular complexity index is 674. The van der Waals surface area contributed by atoms with Crippen molar-refractivity contribution in [3.05, 3.63) is 58.6 Å². The molecular formula is C16H15BrN2O3. The van der Waals surface area contributed by atoms with Crippen LogP contribution in [0.1, 0.15) is 5.56 Å². The second kappa shape index (κ2) is 8.19. The molecule has 0 aliphatic heterocycles. The van der Waals surface area contributed by atoms with E-state index in [0.717, 1.165) is 15.8 Å². The van der Waals surface area contributed by atoms with E-state index in [1.54, 1.807) is 19.4 Å². The van der Waals surface area contributed by atoms with Crippen molar-refractivity contribution in [1.29, 1.82) is 0 Å². The molecule has 0 fully saturated rings. The van der Waals surface area contributed by atoms with E-state index in [4.69, 9.17) is 9.47 Å². The van der Waals surface area contributed by atoms with Gasteiger partial charge in [-0.05, 0) is 45.8 Å². The second-order valence-electron chi connectivity index (χ2n) is 4.29. The number of hydrogen-bond acceptors (Lipinski definition) is 4. The fourth-order valence-corrected chi connectivity index (χ4v) is 2.04. The largest absolute Gasteiger partial charge is 0.497 e. The number of hydrogen-bond donors (Lipinski definition) is 1. The van der Waals surface area contributed by atoms with Crippen molar-refractivity contribution < 1.29 is 14.3 Å². The van der Waals surface area contributed by atoms with Crippen LogP contribution in [0.15, 0.2) is 58.1 Å². The number of amides is 1. The fourth-order valence-electron chi connectivity index (χ4n) is 1.64. The number of nitrogens with one attached hydrogen (secondary N) is 1. The highest BCUT2D eigenvalue weighted by Gasteiger charge is 2.03. The van der Waals surface area contributed by atoms with E-state index in [-0.39, 0.29) is 12.5 Å². The topological polar surface area (TPSA) is 59.9 Å². The first kappa shape index (κ1) is 16.0. The number of methoxy groups -OCH3 is 1. The van der Waals surface area contributed by atoms with E-state index in [1.165, 1.54) is 0 Å². The average Bonchev–Trinajstić information content (AvgIpc) is 2.54. The van der Waals surface area contributed by atoms with Gasteiger partial charge in [-0.25, -0.2) is 5.43 Å². The Morgan fingerprint density at radius 1 is 1.27 bits per heavy atom. The van der Waals surface area contributed by atoms with Gasteiger partial charge in [0, 0.05) is 0 Å². The normalized spacial score (nSPS) is 10.5. The Hall–Kier alpha value is -2.34. The number of halogens is 1. The maximum absolute atomic E-state index is 11.7. The highest BCUT2D eigenvalue weighted by Crippen LogP contribution is 2.23. The number of para-hydroxylation sites is 1. The molecule has 0 bridgehead atoms. The third-order valence-corrected chi connectivity index (χ3v) is 3.35. The van der Waals surface area contributed by atoms with Gasteiger partial charge < -0.3 is 9.47 Å². The summed E-state index contributed by atoms with van der Waals surface area (Å²) in [7, 11) is 1.59. The van der Waals surface area contributed by atoms with E-state index >= 15 is 0 Å². The van der Waals surface area contributed by atoms with Crippen LogP contribution in [-0.4, -0.2) is 25.8 Å². The SMILES string of the molecule is COc1cccc(/C=N\NC(=O)COc2ccccc2Br)c1. The summed E-state index contributed by atoms with van der Waals surface area (Å²) in [5, 5.41) is 3.88. The maximum Gasteiger partial charge on any atom is 0.277 e. The molecule has 0 atom stereocenters. The maximum atomic E-state index is 11.7. The predicted molar refractivity (Wildman–Crippen MR) is 88.4 cm³/mol. The zero-order valence-electron chi connectivity index (χ0n) is 12.0. The molecule has 0 saturated heterocycles. The molecule has 0 heterocycles. The minimum Gasteiger partial charge on any atom is -0.497 e. The summed E-state index contributed by atoms with van der Waals surface area (Å²) in [5.74, 6) is 0.997. The van der Waals surface area contributed by atoms with Crippen LogP contribution < -0.4 is 14.9 Å². The standard InChI is InChI=1S/C16H15BrN2O3/c1-21-13-6-4-5-12(9-13)10-18-19-16(20)11-22-15-8-3-2-7-14(15)17/h2-10H,11H2,1H3,(H,19,20)/b18-10-. The number of carbonyl (C=O) groups excluding carboxylic acids is 1. The van der Waals surface area contributed by atoms with Crippen molar-refractivity contribution in [2.75, 3.05) is 13.7 Å². The van der Waals surface area contributed by atoms with E-state index in [9.17, 15) is 4.79 Å². The van der Waals surface area contributed by atoms with Crippen LogP contribution in [-0.2, 0) is 4.79 Å². The van der Waals surface area contributed by atoms with Crippen molar-refractivity contribution in [2.45, 2.75) is 0 Å². The Labute approximate surface area is 137 Å². The minimum absolute atomic E-state index is 0.113. The van der Waals surface area contributed by atoms with Crippen molar-refractivity contribution in [3.8, 4) is 11.5 Å². The Balaban J connectivity index is 1.82. The lowest BCUT2D eigenvalue weighted by atomic mass is 10.2. The molecule has 2 aromatic carbocycles. The van der Waals surface area contributed by atoms with Crippen molar-refractivity contribution in [3.63, 3.8) is 0 Å². The van der Waals surface area contributed by atoms with Crippen LogP contribution in [0.5, 0.6) is 11.5 Å². The molecule has 0 saturated carbocycles. The molecule has 5 nitrogen and oxygen atoms in total. The molecule has 0 aliphatic carbocycles. The molecule has 2 aromatic rings. The first-order chi connectivity index (χ1) is 10.7. The van der Waals surface area contributed by atoms with Gasteiger partial charge in [0.15, 0.2) is 6.61 Å². The molecule has 22 heavy (non-hydrogen) atoms. The first-order valence-electron chi connectivity index (χ1n) is 6.52. The van der Waals surface area contributed by atoms with E-state index < -0.39 is 0 Å². The minimum atomic E-state index is -0.338. The van der Waals surface area contributed by atoms with Crippen LogP contribution in [0, 0.1) is 0 Å². The number of hydrazone groups is 1. The van der Waals surface area contributed by atoms with Crippen LogP contribution in [0.4, 0.5) is 0 Å². The lowest BCUT2D eigenvalue weighted by molar-refractivity contribution is -0.123. The van der Waals surface area contributed by atoms with Gasteiger partial charge in [0.25, 0.3) is 5.91 Å². The molecule has 114 valence electrons. The van der Waals surface area contributed by atoms with Crippen LogP contribution in [0.3, 0.4) is 0 Å². The molecule has 0 unspecified atom stereocenters. The Morgan fingerprint density at radius 3 is 2.86 bits per heavy atom. The van der Waals surface area contributed by atoms with Crippen LogP contribution >= 0.6 is 15.9 Å². The van der Waals surface area contributed by atoms with Crippen molar-refractivity contribution >= 4 is 28.1 Å². The number of carbonyl (C=O) groups is 1. The monoisotopic (exact) mass is 362 g/mol. The summed E-state index contributed by atoms with van der Waals surface area (Å²) in [6, 6.07) is 14.7. The lowest BCUT2D eigenvalue weighted by Crippen LogP contribution is -2.24. The summed E-state index contributed by atoms with van der Waals surface area (Å²) in [6.45, 7) is -0.113. The highest BCUT2D eigenvalue weighted by atomic mass is 79.9. The van der Waals surface area contributed by atoms with Crippen molar-refractivity contribution in [1.82, 2.24) is 5.43 Å². The Kier molecular flexibility index (Phi) is 5.97. The second-order valence-corrected chi connectivity index (χ2v) is 5.14. The molecule has 2 rings (SSSR count). The number of rotatable bonds is 6. The molecule has 6 heteroatoms. The third kappa shape index (κ3) is 4.89. The quantitative estimate of drug-likeness (QED) is 0.634. The van der Waals surface area contributed by atoms with E-state index in [0.29, 0.717) is 5.75 Å². The average molecular weight is 363 g/mol. The summed E-state index contributed by atoms with van der Waals surface area (Å²) in [6.07, 6.45) is 1.54. The number of benzene rings is 2. The highest BCUT2D eigenvalue weighted by molar-refractivity contribution is 9.10. The lowest BCUT2D eigenvalue weighted by Gasteiger charge is -2.06. The summed E-state index contributed by atoms with van der Waals surface area (Å²) in [5.41, 5.74) is 3.23. The van der Waals surface area contributed by atoms with E-state index in [1.807, 2.05) is 42.5 Å². The van der Waals surface area contributed by atoms with Gasteiger partial charge in [0.2, 0.25) is 0 Å². The number of nitrogens with zero attached hydrogens (tertiary/aromatic N) is 1. The van der Waals surface area contributed by atoms with E-state index in [2.05, 4.69) is 26.5 Å². The Morgan fingerprint density at radius 2 is 2.09 bits per heavy atom. The first-order valence-corrected chi connectivity index (χ1v) is 7.31. The van der Waals surface area contributed by atoms with Gasteiger partial charge in [-0.1, -0.05) is 24.3 Å². The van der Waals surface area contributed by atoms with Crippen LogP contribution in [0.2, 0.25) is 0 Å². The zero-order valence-corrected chi connectivity index (χ0v) is 13.5. The summed E-state index contributed by atoms with van der Waals surface area (Å²) < 4.78 is 11.3. The van der Waals surface area contributed by atoms with Gasteiger partial charge in [-0.2, -0.15) is 5.10 Å². The molecule has 1 N–H and O–H groups in total. The molecule has 0 aliphatic rings. The fraction of sp³-hybridized carbons (Fsp3) is 0.125. The van der Waals surface area contributed by atoms with Gasteiger partial charge in [0.05, 0.1) is 17.8 Å². The molecule has 1 amide bonds. The predicted octanol–water partition coefficient (Wildman–Crippen LogP) is 2.99.